The molecule has 0 amide bonds. The first-order valence-corrected chi connectivity index (χ1v) is 9.03. The molecule has 2 aromatic carbocycles. The van der Waals surface area contributed by atoms with Gasteiger partial charge in [-0.15, -0.1) is 0 Å². The van der Waals surface area contributed by atoms with Gasteiger partial charge in [-0.1, -0.05) is 74.9 Å². The molecule has 0 radical (unpaired) electrons. The summed E-state index contributed by atoms with van der Waals surface area (Å²) in [6, 6.07) is 20.7. The highest BCUT2D eigenvalue weighted by atomic mass is 15.5. The van der Waals surface area contributed by atoms with Crippen LogP contribution < -0.4 is 10.7 Å². The Labute approximate surface area is 150 Å². The van der Waals surface area contributed by atoms with Crippen LogP contribution in [0.5, 0.6) is 0 Å². The van der Waals surface area contributed by atoms with Crippen molar-refractivity contribution < 1.29 is 0 Å². The molecule has 3 rings (SSSR count). The number of hydrogen-bond acceptors (Lipinski definition) is 3. The van der Waals surface area contributed by atoms with Gasteiger partial charge >= 0.3 is 0 Å². The zero-order valence-corrected chi connectivity index (χ0v) is 15.2. The Bertz CT molecular complexity index is 751. The van der Waals surface area contributed by atoms with Crippen LogP contribution in [0.3, 0.4) is 0 Å². The van der Waals surface area contributed by atoms with E-state index in [1.807, 2.05) is 24.3 Å². The van der Waals surface area contributed by atoms with Crippen molar-refractivity contribution in [3.05, 3.63) is 78.5 Å². The molecular weight excluding hydrogens is 306 g/mol. The summed E-state index contributed by atoms with van der Waals surface area (Å²) >= 11 is 0. The van der Waals surface area contributed by atoms with Crippen LogP contribution in [0.25, 0.3) is 0 Å². The number of nitrogens with two attached hydrogens (primary N) is 1. The van der Waals surface area contributed by atoms with Gasteiger partial charge in [0.05, 0.1) is 11.4 Å². The Morgan fingerprint density at radius 1 is 1.12 bits per heavy atom. The molecule has 1 aliphatic heterocycles. The maximum Gasteiger partial charge on any atom is 0.107 e. The Kier molecular flexibility index (Phi) is 4.93. The van der Waals surface area contributed by atoms with Crippen LogP contribution in [0, 0.1) is 5.92 Å². The van der Waals surface area contributed by atoms with Crippen LogP contribution in [-0.4, -0.2) is 11.3 Å². The molecule has 3 nitrogen and oxygen atoms in total. The largest absolute Gasteiger partial charge is 0.401 e. The Morgan fingerprint density at radius 2 is 1.72 bits per heavy atom. The lowest BCUT2D eigenvalue weighted by Crippen LogP contribution is -2.50. The Morgan fingerprint density at radius 3 is 2.28 bits per heavy atom. The van der Waals surface area contributed by atoms with E-state index in [-0.39, 0.29) is 5.92 Å². The molecule has 0 aliphatic carbocycles. The summed E-state index contributed by atoms with van der Waals surface area (Å²) in [7, 11) is 0. The van der Waals surface area contributed by atoms with E-state index in [1.54, 1.807) is 0 Å². The minimum absolute atomic E-state index is 0.215. The predicted molar refractivity (Wildman–Crippen MR) is 107 cm³/mol. The molecule has 1 aliphatic rings. The molecule has 25 heavy (non-hydrogen) atoms. The van der Waals surface area contributed by atoms with Gasteiger partial charge in [0.15, 0.2) is 0 Å². The van der Waals surface area contributed by atoms with Gasteiger partial charge in [0.1, 0.15) is 5.54 Å². The highest BCUT2D eigenvalue weighted by Gasteiger charge is 2.49. The van der Waals surface area contributed by atoms with Crippen molar-refractivity contribution in [2.24, 2.45) is 16.8 Å². The molecule has 1 heterocycles. The van der Waals surface area contributed by atoms with Crippen LogP contribution >= 0.6 is 0 Å². The number of hydrazone groups is 1. The number of unbranched alkanes of at least 4 members (excludes halogenated alkanes) is 1. The standard InChI is InChI=1S/C22H27N3/c1-4-5-16-20-21(18-12-8-6-9-13-18)24-25(22(20,3)17(2)23)19-14-10-7-11-15-19/h6-15,20H,2,4-5,16,23H2,1,3H3. The molecule has 2 unspecified atom stereocenters. The number of nitrogens with zero attached hydrogens (tertiary/aromatic N) is 2. The molecule has 0 saturated heterocycles. The second-order valence-corrected chi connectivity index (χ2v) is 6.87. The van der Waals surface area contributed by atoms with Gasteiger partial charge in [0.25, 0.3) is 0 Å². The highest BCUT2D eigenvalue weighted by Crippen LogP contribution is 2.43. The Balaban J connectivity index is 2.12. The number of anilines is 1. The first-order valence-electron chi connectivity index (χ1n) is 9.03. The summed E-state index contributed by atoms with van der Waals surface area (Å²) in [4.78, 5) is 0. The van der Waals surface area contributed by atoms with Gasteiger partial charge in [-0.3, -0.25) is 5.01 Å². The first-order chi connectivity index (χ1) is 12.1. The molecule has 2 atom stereocenters. The van der Waals surface area contributed by atoms with Crippen LogP contribution in [-0.2, 0) is 0 Å². The summed E-state index contributed by atoms with van der Waals surface area (Å²) in [5.74, 6) is 0.215. The normalized spacial score (nSPS) is 22.7. The molecule has 2 N–H and O–H groups in total. The van der Waals surface area contributed by atoms with E-state index in [2.05, 4.69) is 61.8 Å². The predicted octanol–water partition coefficient (Wildman–Crippen LogP) is 4.95. The summed E-state index contributed by atoms with van der Waals surface area (Å²) in [6.45, 7) is 8.52. The molecule has 130 valence electrons. The average molecular weight is 333 g/mol. The maximum absolute atomic E-state index is 6.35. The van der Waals surface area contributed by atoms with Crippen LogP contribution in [0.15, 0.2) is 78.0 Å². The third kappa shape index (κ3) is 3.07. The molecular formula is C22H27N3. The lowest BCUT2D eigenvalue weighted by Gasteiger charge is -2.39. The third-order valence-corrected chi connectivity index (χ3v) is 5.22. The van der Waals surface area contributed by atoms with Crippen molar-refractivity contribution in [2.75, 3.05) is 5.01 Å². The third-order valence-electron chi connectivity index (χ3n) is 5.22. The second-order valence-electron chi connectivity index (χ2n) is 6.87. The van der Waals surface area contributed by atoms with Crippen LogP contribution in [0.1, 0.15) is 38.7 Å². The number of hydrogen-bond donors (Lipinski definition) is 1. The van der Waals surface area contributed by atoms with E-state index >= 15 is 0 Å². The van der Waals surface area contributed by atoms with Crippen molar-refractivity contribution in [1.29, 1.82) is 0 Å². The molecule has 0 spiro atoms. The van der Waals surface area contributed by atoms with Gasteiger partial charge in [-0.25, -0.2) is 0 Å². The van der Waals surface area contributed by atoms with Gasteiger partial charge in [-0.2, -0.15) is 5.10 Å². The fourth-order valence-electron chi connectivity index (χ4n) is 3.64. The topological polar surface area (TPSA) is 41.6 Å². The van der Waals surface area contributed by atoms with E-state index in [1.165, 1.54) is 0 Å². The summed E-state index contributed by atoms with van der Waals surface area (Å²) in [5, 5.41) is 7.11. The lowest BCUT2D eigenvalue weighted by atomic mass is 9.76. The second kappa shape index (κ2) is 7.14. The molecule has 0 fully saturated rings. The first kappa shape index (κ1) is 17.3. The van der Waals surface area contributed by atoms with Gasteiger partial charge in [0, 0.05) is 11.6 Å². The van der Waals surface area contributed by atoms with Crippen molar-refractivity contribution in [3.63, 3.8) is 0 Å². The molecule has 0 aromatic heterocycles. The van der Waals surface area contributed by atoms with Crippen molar-refractivity contribution in [1.82, 2.24) is 0 Å². The summed E-state index contributed by atoms with van der Waals surface area (Å²) < 4.78 is 0. The number of rotatable bonds is 6. The Hall–Kier alpha value is -2.55. The van der Waals surface area contributed by atoms with Crippen LogP contribution in [0.2, 0.25) is 0 Å². The molecule has 2 aromatic rings. The van der Waals surface area contributed by atoms with Gasteiger partial charge in [0.2, 0.25) is 0 Å². The number of benzene rings is 2. The minimum Gasteiger partial charge on any atom is -0.401 e. The van der Waals surface area contributed by atoms with E-state index in [0.717, 1.165) is 36.2 Å². The van der Waals surface area contributed by atoms with Gasteiger partial charge < -0.3 is 5.73 Å². The van der Waals surface area contributed by atoms with Crippen LogP contribution in [0.4, 0.5) is 5.69 Å². The van der Waals surface area contributed by atoms with E-state index in [4.69, 9.17) is 10.8 Å². The average Bonchev–Trinajstić information content (AvgIpc) is 2.95. The van der Waals surface area contributed by atoms with Crippen molar-refractivity contribution in [3.8, 4) is 0 Å². The maximum atomic E-state index is 6.35. The molecule has 0 bridgehead atoms. The zero-order chi connectivity index (χ0) is 17.9. The van der Waals surface area contributed by atoms with Gasteiger partial charge in [-0.05, 0) is 31.0 Å². The van der Waals surface area contributed by atoms with Crippen molar-refractivity contribution in [2.45, 2.75) is 38.6 Å². The smallest absolute Gasteiger partial charge is 0.107 e. The summed E-state index contributed by atoms with van der Waals surface area (Å²) in [5.41, 5.74) is 9.89. The molecule has 0 saturated carbocycles. The fourth-order valence-corrected chi connectivity index (χ4v) is 3.64. The van der Waals surface area contributed by atoms with E-state index in [9.17, 15) is 0 Å². The number of para-hydroxylation sites is 1. The highest BCUT2D eigenvalue weighted by molar-refractivity contribution is 6.06. The lowest BCUT2D eigenvalue weighted by molar-refractivity contribution is 0.396. The SMILES string of the molecule is C=C(N)C1(C)C(CCCC)C(c2ccccc2)=NN1c1ccccc1. The minimum atomic E-state index is -0.429. The van der Waals surface area contributed by atoms with E-state index < -0.39 is 5.54 Å². The van der Waals surface area contributed by atoms with Crippen molar-refractivity contribution >= 4 is 11.4 Å². The monoisotopic (exact) mass is 333 g/mol. The zero-order valence-electron chi connectivity index (χ0n) is 15.2. The fraction of sp³-hybridized carbons (Fsp3) is 0.318. The molecule has 3 heteroatoms. The quantitative estimate of drug-likeness (QED) is 0.813. The summed E-state index contributed by atoms with van der Waals surface area (Å²) in [6.07, 6.45) is 3.33. The van der Waals surface area contributed by atoms with E-state index in [0.29, 0.717) is 5.70 Å².